The van der Waals surface area contributed by atoms with Crippen molar-refractivity contribution in [2.45, 2.75) is 31.8 Å². The summed E-state index contributed by atoms with van der Waals surface area (Å²) in [5.74, 6) is -2.37. The Kier molecular flexibility index (Phi) is 9.31. The molecule has 0 saturated heterocycles. The van der Waals surface area contributed by atoms with Crippen LogP contribution in [0.5, 0.6) is 28.7 Å². The molecule has 13 heteroatoms. The number of fused-ring (bicyclic) bond motifs is 1. The van der Waals surface area contributed by atoms with Crippen LogP contribution in [0.25, 0.3) is 0 Å². The van der Waals surface area contributed by atoms with Crippen LogP contribution in [0, 0.1) is 5.82 Å². The normalized spacial score (nSPS) is 13.5. The Hall–Kier alpha value is -6.11. The summed E-state index contributed by atoms with van der Waals surface area (Å²) in [7, 11) is 0. The van der Waals surface area contributed by atoms with Gasteiger partial charge in [0, 0.05) is 18.7 Å². The van der Waals surface area contributed by atoms with Crippen LogP contribution >= 0.6 is 0 Å². The number of halogens is 1. The number of aryl methyl sites for hydroxylation is 1. The van der Waals surface area contributed by atoms with Crippen molar-refractivity contribution in [1.29, 1.82) is 0 Å². The van der Waals surface area contributed by atoms with Gasteiger partial charge in [-0.25, -0.2) is 18.8 Å². The fourth-order valence-corrected chi connectivity index (χ4v) is 5.31. The zero-order valence-electron chi connectivity index (χ0n) is 23.9. The molecular formula is C33H26FNO11. The lowest BCUT2D eigenvalue weighted by Gasteiger charge is -2.36. The summed E-state index contributed by atoms with van der Waals surface area (Å²) in [6.45, 7) is -0.0204. The van der Waals surface area contributed by atoms with Crippen molar-refractivity contribution in [3.63, 3.8) is 0 Å². The van der Waals surface area contributed by atoms with E-state index in [9.17, 15) is 33.8 Å². The molecule has 0 radical (unpaired) electrons. The first-order chi connectivity index (χ1) is 22.1. The molecule has 1 aliphatic carbocycles. The number of amides is 1. The number of carboxylic acid groups (broad SMARTS) is 3. The van der Waals surface area contributed by atoms with Crippen LogP contribution in [0.1, 0.15) is 45.9 Å². The van der Waals surface area contributed by atoms with Crippen LogP contribution in [0.3, 0.4) is 0 Å². The molecule has 1 atom stereocenters. The topological polar surface area (TPSA) is 169 Å². The number of hydrogen-bond acceptors (Lipinski definition) is 8. The monoisotopic (exact) mass is 631 g/mol. The lowest BCUT2D eigenvalue weighted by molar-refractivity contribution is 0.0633. The van der Waals surface area contributed by atoms with Crippen molar-refractivity contribution in [3.8, 4) is 28.7 Å². The predicted octanol–water partition coefficient (Wildman–Crippen LogP) is 7.51. The number of benzene rings is 4. The lowest BCUT2D eigenvalue weighted by Crippen LogP contribution is -2.36. The van der Waals surface area contributed by atoms with Crippen LogP contribution < -0.4 is 18.9 Å². The minimum Gasteiger partial charge on any atom is -0.457 e. The molecule has 0 spiro atoms. The van der Waals surface area contributed by atoms with Crippen LogP contribution in [0.15, 0.2) is 84.9 Å². The zero-order valence-corrected chi connectivity index (χ0v) is 23.9. The maximum Gasteiger partial charge on any atom is 0.511 e. The third kappa shape index (κ3) is 7.50. The summed E-state index contributed by atoms with van der Waals surface area (Å²) in [6.07, 6.45) is -3.45. The van der Waals surface area contributed by atoms with Crippen molar-refractivity contribution in [1.82, 2.24) is 4.90 Å². The Labute approximate surface area is 260 Å². The fourth-order valence-electron chi connectivity index (χ4n) is 5.31. The fraction of sp³-hybridized carbons (Fsp3) is 0.152. The van der Waals surface area contributed by atoms with E-state index in [1.165, 1.54) is 29.2 Å². The second-order valence-corrected chi connectivity index (χ2v) is 10.1. The molecule has 0 saturated carbocycles. The molecule has 236 valence electrons. The molecule has 1 amide bonds. The van der Waals surface area contributed by atoms with E-state index >= 15 is 0 Å². The van der Waals surface area contributed by atoms with Gasteiger partial charge in [-0.3, -0.25) is 4.79 Å². The highest BCUT2D eigenvalue weighted by molar-refractivity contribution is 5.99. The Morgan fingerprint density at radius 3 is 2.09 bits per heavy atom. The second kappa shape index (κ2) is 13.7. The van der Waals surface area contributed by atoms with E-state index in [-0.39, 0.29) is 6.54 Å². The van der Waals surface area contributed by atoms with Gasteiger partial charge in [0.25, 0.3) is 5.91 Å². The molecule has 0 bridgehead atoms. The quantitative estimate of drug-likeness (QED) is 0.123. The Morgan fingerprint density at radius 2 is 1.39 bits per heavy atom. The molecule has 3 N–H and O–H groups in total. The Bertz CT molecular complexity index is 1790. The van der Waals surface area contributed by atoms with Gasteiger partial charge in [-0.15, -0.1) is 0 Å². The van der Waals surface area contributed by atoms with Crippen molar-refractivity contribution in [2.24, 2.45) is 0 Å². The molecule has 0 aliphatic heterocycles. The summed E-state index contributed by atoms with van der Waals surface area (Å²) < 4.78 is 33.4. The van der Waals surface area contributed by atoms with Gasteiger partial charge in [-0.2, -0.15) is 0 Å². The lowest BCUT2D eigenvalue weighted by atomic mass is 9.86. The first-order valence-electron chi connectivity index (χ1n) is 13.9. The zero-order chi connectivity index (χ0) is 32.8. The first kappa shape index (κ1) is 31.3. The maximum absolute atomic E-state index is 14.5. The van der Waals surface area contributed by atoms with Gasteiger partial charge in [0.05, 0.1) is 11.6 Å². The molecule has 0 aromatic heterocycles. The Morgan fingerprint density at radius 1 is 0.739 bits per heavy atom. The third-order valence-corrected chi connectivity index (χ3v) is 7.14. The highest BCUT2D eigenvalue weighted by Gasteiger charge is 2.33. The number of ether oxygens (including phenoxy) is 4. The van der Waals surface area contributed by atoms with Crippen LogP contribution in [-0.4, -0.2) is 44.6 Å². The van der Waals surface area contributed by atoms with E-state index in [1.807, 2.05) is 24.3 Å². The standard InChI is InChI=1S/C33H26FNO11/c34-21-11-13-22(14-12-21)43-23-8-3-5-19(15-23)18-35(26-10-4-7-20-6-1-2-9-24(20)26)30(36)25-16-28(45-32(39)40)29(46-33(41)42)17-27(25)44-31(37)38/h1-3,5-6,8-9,11-17,26H,4,7,10,18H2,(H,37,38)(H,39,40)(H,41,42)/t26-/m0/s1. The smallest absolute Gasteiger partial charge is 0.457 e. The number of rotatable bonds is 9. The molecule has 0 heterocycles. The molecular weight excluding hydrogens is 605 g/mol. The molecule has 12 nitrogen and oxygen atoms in total. The van der Waals surface area contributed by atoms with E-state index < -0.39 is 59.0 Å². The Balaban J connectivity index is 1.59. The average molecular weight is 632 g/mol. The molecule has 46 heavy (non-hydrogen) atoms. The van der Waals surface area contributed by atoms with Crippen molar-refractivity contribution in [2.75, 3.05) is 0 Å². The minimum atomic E-state index is -1.85. The van der Waals surface area contributed by atoms with Crippen LogP contribution in [0.4, 0.5) is 18.8 Å². The summed E-state index contributed by atoms with van der Waals surface area (Å²) in [5.41, 5.74) is 2.09. The summed E-state index contributed by atoms with van der Waals surface area (Å²) in [4.78, 5) is 50.2. The van der Waals surface area contributed by atoms with E-state index in [4.69, 9.17) is 19.3 Å². The van der Waals surface area contributed by atoms with E-state index in [1.54, 1.807) is 24.3 Å². The van der Waals surface area contributed by atoms with Gasteiger partial charge in [0.1, 0.15) is 17.3 Å². The molecule has 4 aromatic carbocycles. The maximum atomic E-state index is 14.5. The predicted molar refractivity (Wildman–Crippen MR) is 157 cm³/mol. The number of nitrogens with zero attached hydrogens (tertiary/aromatic N) is 1. The van der Waals surface area contributed by atoms with Crippen LogP contribution in [0.2, 0.25) is 0 Å². The van der Waals surface area contributed by atoms with Crippen LogP contribution in [-0.2, 0) is 13.0 Å². The van der Waals surface area contributed by atoms with Gasteiger partial charge in [-0.05, 0) is 72.4 Å². The SMILES string of the molecule is O=C(O)Oc1cc(OC(=O)O)c(C(=O)N(Cc2cccc(Oc3ccc(F)cc3)c2)[C@H]2CCCc3ccccc32)cc1OC(=O)O. The summed E-state index contributed by atoms with van der Waals surface area (Å²) in [6, 6.07) is 21.0. The molecule has 4 aromatic rings. The second-order valence-electron chi connectivity index (χ2n) is 10.1. The highest BCUT2D eigenvalue weighted by Crippen LogP contribution is 2.40. The number of carbonyl (C=O) groups is 4. The van der Waals surface area contributed by atoms with E-state index in [2.05, 4.69) is 4.74 Å². The molecule has 1 aliphatic rings. The molecule has 0 unspecified atom stereocenters. The summed E-state index contributed by atoms with van der Waals surface area (Å²) >= 11 is 0. The van der Waals surface area contributed by atoms with Crippen molar-refractivity contribution in [3.05, 3.63) is 113 Å². The summed E-state index contributed by atoms with van der Waals surface area (Å²) in [5, 5.41) is 27.8. The van der Waals surface area contributed by atoms with Crippen molar-refractivity contribution >= 4 is 24.4 Å². The number of hydrogen-bond donors (Lipinski definition) is 3. The van der Waals surface area contributed by atoms with Gasteiger partial charge in [-0.1, -0.05) is 36.4 Å². The van der Waals surface area contributed by atoms with Gasteiger partial charge < -0.3 is 39.2 Å². The highest BCUT2D eigenvalue weighted by atomic mass is 19.1. The van der Waals surface area contributed by atoms with Gasteiger partial charge in [0.2, 0.25) is 0 Å². The largest absolute Gasteiger partial charge is 0.511 e. The minimum absolute atomic E-state index is 0.0204. The van der Waals surface area contributed by atoms with Gasteiger partial charge >= 0.3 is 18.5 Å². The first-order valence-corrected chi connectivity index (χ1v) is 13.9. The van der Waals surface area contributed by atoms with E-state index in [0.717, 1.165) is 36.1 Å². The van der Waals surface area contributed by atoms with E-state index in [0.29, 0.717) is 23.5 Å². The molecule has 0 fully saturated rings. The average Bonchev–Trinajstić information content (AvgIpc) is 3.01. The number of carbonyl (C=O) groups excluding carboxylic acids is 1. The molecule has 5 rings (SSSR count). The third-order valence-electron chi connectivity index (χ3n) is 7.14. The van der Waals surface area contributed by atoms with Crippen molar-refractivity contribution < 1.29 is 57.8 Å². The van der Waals surface area contributed by atoms with Gasteiger partial charge in [0.15, 0.2) is 17.2 Å².